The van der Waals surface area contributed by atoms with Gasteiger partial charge in [-0.05, 0) is 36.4 Å². The maximum absolute atomic E-state index is 12.0. The molecule has 3 rings (SSSR count). The van der Waals surface area contributed by atoms with Crippen LogP contribution in [0.25, 0.3) is 10.8 Å². The van der Waals surface area contributed by atoms with Gasteiger partial charge in [-0.25, -0.2) is 16.8 Å². The molecule has 0 aliphatic heterocycles. The van der Waals surface area contributed by atoms with E-state index in [1.165, 1.54) is 18.2 Å². The second-order valence-corrected chi connectivity index (χ2v) is 9.51. The molecule has 14 heteroatoms. The molecule has 0 aromatic heterocycles. The summed E-state index contributed by atoms with van der Waals surface area (Å²) >= 11 is 0. The van der Waals surface area contributed by atoms with E-state index in [1.807, 2.05) is 0 Å². The van der Waals surface area contributed by atoms with Crippen molar-refractivity contribution in [3.05, 3.63) is 58.6 Å². The maximum atomic E-state index is 12.0. The van der Waals surface area contributed by atoms with Crippen LogP contribution in [-0.2, 0) is 20.0 Å². The fourth-order valence-electron chi connectivity index (χ4n) is 2.64. The van der Waals surface area contributed by atoms with E-state index in [0.717, 1.165) is 36.6 Å². The molecule has 11 nitrogen and oxygen atoms in total. The van der Waals surface area contributed by atoms with E-state index < -0.39 is 40.4 Å². The van der Waals surface area contributed by atoms with Gasteiger partial charge in [0.15, 0.2) is 9.84 Å². The third-order valence-electron chi connectivity index (χ3n) is 4.05. The summed E-state index contributed by atoms with van der Waals surface area (Å²) in [6.07, 6.45) is 0.854. The minimum atomic E-state index is -4.78. The molecule has 0 fully saturated rings. The van der Waals surface area contributed by atoms with Gasteiger partial charge in [0.1, 0.15) is 26.5 Å². The Morgan fingerprint density at radius 3 is 2.10 bits per heavy atom. The molecule has 0 unspecified atom stereocenters. The van der Waals surface area contributed by atoms with Gasteiger partial charge in [-0.3, -0.25) is 10.1 Å². The molecule has 1 N–H and O–H groups in total. The van der Waals surface area contributed by atoms with Crippen LogP contribution in [0.4, 0.5) is 17.1 Å². The fraction of sp³-hybridized carbons (Fsp3) is 0.0588. The second-order valence-electron chi connectivity index (χ2n) is 6.15. The van der Waals surface area contributed by atoms with Crippen molar-refractivity contribution in [1.82, 2.24) is 0 Å². The van der Waals surface area contributed by atoms with Crippen molar-refractivity contribution in [2.24, 2.45) is 10.2 Å². The first-order valence-corrected chi connectivity index (χ1v) is 11.3. The third-order valence-corrected chi connectivity index (χ3v) is 6.01. The van der Waals surface area contributed by atoms with Crippen molar-refractivity contribution in [3.63, 3.8) is 0 Å². The number of rotatable bonds is 5. The number of hydrogen-bond acceptors (Lipinski definition) is 10. The number of non-ortho nitro benzene ring substituents is 1. The summed E-state index contributed by atoms with van der Waals surface area (Å²) < 4.78 is 57.9. The summed E-state index contributed by atoms with van der Waals surface area (Å²) in [5.74, 6) is -0.203. The van der Waals surface area contributed by atoms with Gasteiger partial charge in [-0.1, -0.05) is 0 Å². The van der Waals surface area contributed by atoms with Gasteiger partial charge >= 0.3 is 29.6 Å². The van der Waals surface area contributed by atoms with Gasteiger partial charge in [-0.15, -0.1) is 10.2 Å². The molecule has 0 bridgehead atoms. The van der Waals surface area contributed by atoms with Gasteiger partial charge in [-0.2, -0.15) is 0 Å². The minimum Gasteiger partial charge on any atom is -0.744 e. The average Bonchev–Trinajstić information content (AvgIpc) is 2.65. The first kappa shape index (κ1) is 24.8. The number of nitro benzene ring substituents is 1. The van der Waals surface area contributed by atoms with Crippen molar-refractivity contribution < 1.29 is 61.0 Å². The fourth-order valence-corrected chi connectivity index (χ4v) is 3.96. The average molecular weight is 473 g/mol. The van der Waals surface area contributed by atoms with Gasteiger partial charge in [0, 0.05) is 29.2 Å². The number of fused-ring (bicyclic) bond motifs is 1. The van der Waals surface area contributed by atoms with Crippen LogP contribution in [0.2, 0.25) is 0 Å². The quantitative estimate of drug-likeness (QED) is 0.179. The van der Waals surface area contributed by atoms with Gasteiger partial charge in [0.05, 0.1) is 15.5 Å². The Bertz CT molecular complexity index is 1440. The Balaban J connectivity index is 0.00000341. The number of phenolic OH excluding ortho intramolecular Hbond substituents is 1. The van der Waals surface area contributed by atoms with Crippen LogP contribution in [0.15, 0.2) is 68.6 Å². The minimum absolute atomic E-state index is 0. The number of benzene rings is 3. The van der Waals surface area contributed by atoms with E-state index in [4.69, 9.17) is 0 Å². The molecule has 0 saturated heterocycles. The maximum Gasteiger partial charge on any atom is 1.00 e. The van der Waals surface area contributed by atoms with E-state index >= 15 is 0 Å². The van der Waals surface area contributed by atoms with Crippen LogP contribution in [0.3, 0.4) is 0 Å². The normalized spacial score (nSPS) is 12.1. The van der Waals surface area contributed by atoms with E-state index in [-0.39, 0.29) is 57.5 Å². The molecular formula is C17H12N3NaO8S2. The summed E-state index contributed by atoms with van der Waals surface area (Å²) in [6.45, 7) is 0. The number of sulfone groups is 1. The van der Waals surface area contributed by atoms with Crippen molar-refractivity contribution in [2.45, 2.75) is 9.79 Å². The van der Waals surface area contributed by atoms with Crippen LogP contribution < -0.4 is 29.6 Å². The van der Waals surface area contributed by atoms with E-state index in [9.17, 15) is 36.6 Å². The topological polar surface area (TPSA) is 179 Å². The van der Waals surface area contributed by atoms with Crippen LogP contribution >= 0.6 is 0 Å². The number of azo groups is 1. The monoisotopic (exact) mass is 473 g/mol. The Labute approximate surface area is 198 Å². The molecule has 0 amide bonds. The van der Waals surface area contributed by atoms with Crippen molar-refractivity contribution in [2.75, 3.05) is 6.26 Å². The van der Waals surface area contributed by atoms with Crippen molar-refractivity contribution in [3.8, 4) is 5.75 Å². The summed E-state index contributed by atoms with van der Waals surface area (Å²) in [5, 5.41) is 28.9. The molecular weight excluding hydrogens is 461 g/mol. The SMILES string of the molecule is CS(=O)(=O)c1cc([N+](=O)[O-])ccc1/N=N/c1ccc(O)c2ccc(S(=O)(=O)[O-])cc12.[Na+]. The predicted molar refractivity (Wildman–Crippen MR) is 104 cm³/mol. The van der Waals surface area contributed by atoms with Crippen molar-refractivity contribution in [1.29, 1.82) is 0 Å². The van der Waals surface area contributed by atoms with E-state index in [0.29, 0.717) is 0 Å². The van der Waals surface area contributed by atoms with E-state index in [1.54, 1.807) is 0 Å². The van der Waals surface area contributed by atoms with Crippen LogP contribution in [0.5, 0.6) is 5.75 Å². The molecule has 0 radical (unpaired) electrons. The van der Waals surface area contributed by atoms with Crippen LogP contribution in [0, 0.1) is 10.1 Å². The first-order valence-electron chi connectivity index (χ1n) is 8.00. The van der Waals surface area contributed by atoms with Crippen molar-refractivity contribution >= 4 is 47.8 Å². The largest absolute Gasteiger partial charge is 1.00 e. The Morgan fingerprint density at radius 2 is 1.52 bits per heavy atom. The number of nitrogens with zero attached hydrogens (tertiary/aromatic N) is 3. The van der Waals surface area contributed by atoms with Gasteiger partial charge in [0.25, 0.3) is 5.69 Å². The van der Waals surface area contributed by atoms with Crippen LogP contribution in [0.1, 0.15) is 0 Å². The zero-order valence-corrected chi connectivity index (χ0v) is 19.7. The summed E-state index contributed by atoms with van der Waals surface area (Å²) in [6, 6.07) is 8.82. The second kappa shape index (κ2) is 8.98. The number of aromatic hydroxyl groups is 1. The molecule has 0 atom stereocenters. The Morgan fingerprint density at radius 1 is 0.903 bits per heavy atom. The smallest absolute Gasteiger partial charge is 0.744 e. The Hall–Kier alpha value is -2.42. The molecule has 31 heavy (non-hydrogen) atoms. The zero-order valence-electron chi connectivity index (χ0n) is 16.1. The van der Waals surface area contributed by atoms with Crippen LogP contribution in [-0.4, -0.2) is 37.7 Å². The molecule has 0 aliphatic rings. The van der Waals surface area contributed by atoms with Gasteiger partial charge in [0.2, 0.25) is 0 Å². The van der Waals surface area contributed by atoms with Gasteiger partial charge < -0.3 is 9.66 Å². The molecule has 0 aliphatic carbocycles. The molecule has 0 heterocycles. The third kappa shape index (κ3) is 5.44. The summed E-state index contributed by atoms with van der Waals surface area (Å²) in [7, 11) is -8.67. The molecule has 156 valence electrons. The predicted octanol–water partition coefficient (Wildman–Crippen LogP) is 0.181. The summed E-state index contributed by atoms with van der Waals surface area (Å²) in [5.41, 5.74) is -0.599. The zero-order chi connectivity index (χ0) is 22.3. The molecule has 0 spiro atoms. The molecule has 3 aromatic rings. The summed E-state index contributed by atoms with van der Waals surface area (Å²) in [4.78, 5) is 9.19. The first-order chi connectivity index (χ1) is 13.9. The molecule has 0 saturated carbocycles. The molecule has 3 aromatic carbocycles. The van der Waals surface area contributed by atoms with E-state index in [2.05, 4.69) is 10.2 Å². The number of hydrogen-bond donors (Lipinski definition) is 1. The number of phenols is 1. The standard InChI is InChI=1S/C17H13N3O8S2.Na/c1-29(24,25)17-8-10(20(22)23)2-5-15(17)19-18-14-6-7-16(21)12-4-3-11(9-13(12)14)30(26,27)28;/h2-9,21H,1H3,(H,26,27,28);/q;+1/p-1/b19-18+;. The number of nitro groups is 1. The Kier molecular flexibility index (Phi) is 7.20.